The maximum Gasteiger partial charge on any atom is 0.192 e. The van der Waals surface area contributed by atoms with E-state index in [-0.39, 0.29) is 23.2 Å². The highest BCUT2D eigenvalue weighted by molar-refractivity contribution is 6.74. The number of aliphatic hydroxyl groups is 1. The van der Waals surface area contributed by atoms with Crippen LogP contribution >= 0.6 is 0 Å². The molecule has 4 atom stereocenters. The molecule has 0 amide bonds. The lowest BCUT2D eigenvalue weighted by Gasteiger charge is -2.38. The molecule has 1 fully saturated rings. The second kappa shape index (κ2) is 6.60. The molecule has 0 bridgehead atoms. The zero-order chi connectivity index (χ0) is 18.3. The Hall–Kier alpha value is -0.203. The summed E-state index contributed by atoms with van der Waals surface area (Å²) in [6.45, 7) is 22.9. The molecule has 0 aliphatic carbocycles. The first kappa shape index (κ1) is 20.8. The molecule has 1 N–H and O–H groups in total. The molecule has 1 aliphatic heterocycles. The van der Waals surface area contributed by atoms with Gasteiger partial charge in [0.25, 0.3) is 0 Å². The lowest BCUT2D eigenvalue weighted by atomic mass is 9.84. The molecule has 1 rings (SSSR count). The Balaban J connectivity index is 2.88. The second-order valence-corrected chi connectivity index (χ2v) is 13.7. The highest BCUT2D eigenvalue weighted by Gasteiger charge is 2.49. The van der Waals surface area contributed by atoms with Gasteiger partial charge in [-0.3, -0.25) is 0 Å². The monoisotopic (exact) mass is 344 g/mol. The lowest BCUT2D eigenvalue weighted by Crippen LogP contribution is -2.47. The van der Waals surface area contributed by atoms with E-state index in [2.05, 4.69) is 40.4 Å². The number of ether oxygens (including phenoxy) is 2. The van der Waals surface area contributed by atoms with Crippen LogP contribution in [0.5, 0.6) is 0 Å². The first-order valence-electron chi connectivity index (χ1n) is 8.48. The van der Waals surface area contributed by atoms with E-state index in [1.807, 2.05) is 20.8 Å². The van der Waals surface area contributed by atoms with E-state index in [9.17, 15) is 5.11 Å². The largest absolute Gasteiger partial charge is 0.414 e. The van der Waals surface area contributed by atoms with E-state index in [1.165, 1.54) is 0 Å². The van der Waals surface area contributed by atoms with E-state index in [4.69, 9.17) is 13.9 Å². The Labute approximate surface area is 143 Å². The lowest BCUT2D eigenvalue weighted by molar-refractivity contribution is -0.157. The molecule has 136 valence electrons. The second-order valence-electron chi connectivity index (χ2n) is 8.93. The number of hydrogen-bond donors (Lipinski definition) is 1. The van der Waals surface area contributed by atoms with Crippen LogP contribution in [0.25, 0.3) is 0 Å². The van der Waals surface area contributed by atoms with Gasteiger partial charge in [-0.1, -0.05) is 33.8 Å². The van der Waals surface area contributed by atoms with E-state index in [0.29, 0.717) is 6.61 Å². The van der Waals surface area contributed by atoms with Gasteiger partial charge in [-0.05, 0) is 38.9 Å². The molecule has 0 aromatic heterocycles. The average molecular weight is 345 g/mol. The van der Waals surface area contributed by atoms with Crippen LogP contribution in [-0.4, -0.2) is 43.6 Å². The zero-order valence-electron chi connectivity index (χ0n) is 16.4. The fourth-order valence-corrected chi connectivity index (χ4v) is 3.46. The summed E-state index contributed by atoms with van der Waals surface area (Å²) in [5, 5.41) is 10.7. The van der Waals surface area contributed by atoms with Crippen molar-refractivity contribution < 1.29 is 19.0 Å². The summed E-state index contributed by atoms with van der Waals surface area (Å²) in [6.07, 6.45) is 1.14. The first-order valence-corrected chi connectivity index (χ1v) is 11.4. The molecule has 0 spiro atoms. The van der Waals surface area contributed by atoms with Crippen molar-refractivity contribution in [2.24, 2.45) is 5.92 Å². The fraction of sp³-hybridized carbons (Fsp3) is 0.889. The highest BCUT2D eigenvalue weighted by atomic mass is 28.4. The van der Waals surface area contributed by atoms with Gasteiger partial charge in [0.1, 0.15) is 6.10 Å². The van der Waals surface area contributed by atoms with Crippen LogP contribution in [0.2, 0.25) is 18.1 Å². The van der Waals surface area contributed by atoms with Gasteiger partial charge in [0.2, 0.25) is 0 Å². The molecule has 4 nitrogen and oxygen atoms in total. The van der Waals surface area contributed by atoms with Crippen LogP contribution < -0.4 is 0 Å². The van der Waals surface area contributed by atoms with E-state index in [1.54, 1.807) is 13.0 Å². The molecule has 0 aromatic rings. The SMILES string of the molecule is C=C[C@](C)(O)[C@H](C)[C@H]1OC(C)(C)O[C@H]1CO[Si](C)(C)C(C)(C)C. The fourth-order valence-electron chi connectivity index (χ4n) is 2.44. The minimum atomic E-state index is -1.86. The van der Waals surface area contributed by atoms with Crippen molar-refractivity contribution in [3.8, 4) is 0 Å². The van der Waals surface area contributed by atoms with Gasteiger partial charge in [0.15, 0.2) is 14.1 Å². The molecule has 1 heterocycles. The van der Waals surface area contributed by atoms with Crippen molar-refractivity contribution in [1.82, 2.24) is 0 Å². The zero-order valence-corrected chi connectivity index (χ0v) is 17.4. The van der Waals surface area contributed by atoms with Crippen molar-refractivity contribution in [3.63, 3.8) is 0 Å². The van der Waals surface area contributed by atoms with Gasteiger partial charge in [-0.2, -0.15) is 0 Å². The van der Waals surface area contributed by atoms with Gasteiger partial charge in [0, 0.05) is 5.92 Å². The van der Waals surface area contributed by atoms with Gasteiger partial charge in [-0.15, -0.1) is 6.58 Å². The van der Waals surface area contributed by atoms with Crippen molar-refractivity contribution in [2.45, 2.75) is 90.2 Å². The quantitative estimate of drug-likeness (QED) is 0.582. The van der Waals surface area contributed by atoms with Crippen LogP contribution in [0.4, 0.5) is 0 Å². The summed E-state index contributed by atoms with van der Waals surface area (Å²) < 4.78 is 18.5. The summed E-state index contributed by atoms with van der Waals surface area (Å²) in [6, 6.07) is 0. The summed E-state index contributed by atoms with van der Waals surface area (Å²) in [5.74, 6) is -0.813. The van der Waals surface area contributed by atoms with E-state index in [0.717, 1.165) is 0 Å². The third-order valence-electron chi connectivity index (χ3n) is 5.46. The predicted molar refractivity (Wildman–Crippen MR) is 97.0 cm³/mol. The molecule has 1 saturated heterocycles. The molecule has 0 aromatic carbocycles. The highest BCUT2D eigenvalue weighted by Crippen LogP contribution is 2.40. The minimum absolute atomic E-state index is 0.144. The molecule has 0 saturated carbocycles. The Morgan fingerprint density at radius 3 is 2.22 bits per heavy atom. The van der Waals surface area contributed by atoms with Gasteiger partial charge < -0.3 is 19.0 Å². The molecule has 5 heteroatoms. The molecule has 0 radical (unpaired) electrons. The van der Waals surface area contributed by atoms with Crippen molar-refractivity contribution in [3.05, 3.63) is 12.7 Å². The average Bonchev–Trinajstić information content (AvgIpc) is 2.69. The van der Waals surface area contributed by atoms with Gasteiger partial charge >= 0.3 is 0 Å². The van der Waals surface area contributed by atoms with Crippen molar-refractivity contribution in [1.29, 1.82) is 0 Å². The predicted octanol–water partition coefficient (Wildman–Crippen LogP) is 4.10. The molecular weight excluding hydrogens is 308 g/mol. The van der Waals surface area contributed by atoms with Crippen LogP contribution in [-0.2, 0) is 13.9 Å². The Morgan fingerprint density at radius 2 is 1.78 bits per heavy atom. The standard InChI is InChI=1S/C18H36O4Si/c1-11-18(8,19)13(2)15-14(21-17(6,7)22-15)12-20-23(9,10)16(3,4)5/h11,13-15,19H,1,12H2,2-10H3/t13-,14+,15-,18+/m1/s1. The maximum atomic E-state index is 10.5. The summed E-state index contributed by atoms with van der Waals surface area (Å²) in [7, 11) is -1.86. The van der Waals surface area contributed by atoms with Crippen LogP contribution in [0, 0.1) is 5.92 Å². The number of hydrogen-bond acceptors (Lipinski definition) is 4. The molecule has 0 unspecified atom stereocenters. The number of rotatable bonds is 6. The Bertz CT molecular complexity index is 423. The molecule has 1 aliphatic rings. The Morgan fingerprint density at radius 1 is 1.26 bits per heavy atom. The van der Waals surface area contributed by atoms with E-state index < -0.39 is 19.7 Å². The minimum Gasteiger partial charge on any atom is -0.414 e. The third kappa shape index (κ3) is 4.89. The maximum absolute atomic E-state index is 10.5. The molecule has 23 heavy (non-hydrogen) atoms. The van der Waals surface area contributed by atoms with Gasteiger partial charge in [0.05, 0.1) is 18.3 Å². The smallest absolute Gasteiger partial charge is 0.192 e. The summed E-state index contributed by atoms with van der Waals surface area (Å²) in [4.78, 5) is 0. The molecular formula is C18H36O4Si. The van der Waals surface area contributed by atoms with Gasteiger partial charge in [-0.25, -0.2) is 0 Å². The van der Waals surface area contributed by atoms with Crippen LogP contribution in [0.15, 0.2) is 12.7 Å². The van der Waals surface area contributed by atoms with Crippen molar-refractivity contribution in [2.75, 3.05) is 6.61 Å². The summed E-state index contributed by atoms with van der Waals surface area (Å²) >= 11 is 0. The normalized spacial score (nSPS) is 29.1. The Kier molecular flexibility index (Phi) is 5.98. The first-order chi connectivity index (χ1) is 10.1. The third-order valence-corrected chi connectivity index (χ3v) is 9.96. The van der Waals surface area contributed by atoms with Crippen LogP contribution in [0.1, 0.15) is 48.5 Å². The summed E-state index contributed by atoms with van der Waals surface area (Å²) in [5.41, 5.74) is -1.01. The van der Waals surface area contributed by atoms with Crippen LogP contribution in [0.3, 0.4) is 0 Å². The van der Waals surface area contributed by atoms with Crippen molar-refractivity contribution >= 4 is 8.32 Å². The topological polar surface area (TPSA) is 47.9 Å². The van der Waals surface area contributed by atoms with E-state index >= 15 is 0 Å².